The van der Waals surface area contributed by atoms with Gasteiger partial charge in [0.2, 0.25) is 0 Å². The van der Waals surface area contributed by atoms with Crippen LogP contribution < -0.4 is 0 Å². The van der Waals surface area contributed by atoms with Gasteiger partial charge in [0.15, 0.2) is 0 Å². The van der Waals surface area contributed by atoms with Crippen LogP contribution in [0.2, 0.25) is 0 Å². The van der Waals surface area contributed by atoms with Gasteiger partial charge in [0.25, 0.3) is 0 Å². The van der Waals surface area contributed by atoms with E-state index >= 15 is 0 Å². The Bertz CT molecular complexity index is 150. The fourth-order valence-corrected chi connectivity index (χ4v) is 2.06. The van der Waals surface area contributed by atoms with Crippen LogP contribution in [0.4, 0.5) is 0 Å². The molecular weight excluding hydrogens is 184 g/mol. The van der Waals surface area contributed by atoms with E-state index in [9.17, 15) is 0 Å². The summed E-state index contributed by atoms with van der Waals surface area (Å²) < 4.78 is 7.29. The lowest BCUT2D eigenvalue weighted by Crippen LogP contribution is -2.51. The molecule has 1 fully saturated rings. The highest BCUT2D eigenvalue weighted by atomic mass is 32.2. The third-order valence-corrected chi connectivity index (χ3v) is 3.09. The highest BCUT2D eigenvalue weighted by Crippen LogP contribution is 2.19. The molecule has 4 heteroatoms. The van der Waals surface area contributed by atoms with Crippen LogP contribution in [0.1, 0.15) is 20.8 Å². The lowest BCUT2D eigenvalue weighted by molar-refractivity contribution is 0.0935. The Morgan fingerprint density at radius 3 is 2.00 bits per heavy atom. The van der Waals surface area contributed by atoms with Crippen molar-refractivity contribution >= 4 is 12.2 Å². The van der Waals surface area contributed by atoms with Crippen molar-refractivity contribution in [3.63, 3.8) is 0 Å². The van der Waals surface area contributed by atoms with Gasteiger partial charge in [-0.3, -0.25) is 4.90 Å². The number of rotatable bonds is 2. The van der Waals surface area contributed by atoms with E-state index < -0.39 is 0 Å². The summed E-state index contributed by atoms with van der Waals surface area (Å²) in [7, 11) is 1.72. The van der Waals surface area contributed by atoms with Crippen LogP contribution in [-0.4, -0.2) is 48.0 Å². The second-order valence-electron chi connectivity index (χ2n) is 4.33. The van der Waals surface area contributed by atoms with Crippen molar-refractivity contribution in [2.45, 2.75) is 26.3 Å². The summed E-state index contributed by atoms with van der Waals surface area (Å²) in [6, 6.07) is 0. The average Bonchev–Trinajstić information content (AvgIpc) is 2.04. The first-order valence-corrected chi connectivity index (χ1v) is 5.44. The Hall–Kier alpha value is 0.230. The van der Waals surface area contributed by atoms with Gasteiger partial charge < -0.3 is 4.18 Å². The first kappa shape index (κ1) is 11.3. The largest absolute Gasteiger partial charge is 0.304 e. The molecule has 0 radical (unpaired) electrons. The first-order chi connectivity index (χ1) is 6.04. The summed E-state index contributed by atoms with van der Waals surface area (Å²) in [5.74, 6) is 0. The second-order valence-corrected chi connectivity index (χ2v) is 5.33. The molecule has 3 nitrogen and oxygen atoms in total. The smallest absolute Gasteiger partial charge is 0.0817 e. The van der Waals surface area contributed by atoms with Crippen LogP contribution in [0, 0.1) is 0 Å². The van der Waals surface area contributed by atoms with E-state index in [0.717, 1.165) is 26.2 Å². The third-order valence-electron chi connectivity index (χ3n) is 2.37. The summed E-state index contributed by atoms with van der Waals surface area (Å²) in [4.78, 5) is 2.51. The Kier molecular flexibility index (Phi) is 4.04. The molecule has 0 bridgehead atoms. The molecule has 0 atom stereocenters. The minimum Gasteiger partial charge on any atom is -0.304 e. The normalized spacial score (nSPS) is 22.2. The monoisotopic (exact) mass is 204 g/mol. The van der Waals surface area contributed by atoms with E-state index in [-0.39, 0.29) is 0 Å². The fourth-order valence-electron chi connectivity index (χ4n) is 1.54. The Morgan fingerprint density at radius 1 is 1.08 bits per heavy atom. The summed E-state index contributed by atoms with van der Waals surface area (Å²) in [5, 5.41) is 0. The van der Waals surface area contributed by atoms with Gasteiger partial charge in [-0.2, -0.15) is 0 Å². The molecule has 0 aromatic carbocycles. The molecule has 78 valence electrons. The maximum absolute atomic E-state index is 5.03. The van der Waals surface area contributed by atoms with Crippen molar-refractivity contribution in [1.29, 1.82) is 0 Å². The predicted octanol–water partition coefficient (Wildman–Crippen LogP) is 1.61. The Morgan fingerprint density at radius 2 is 1.62 bits per heavy atom. The molecule has 13 heavy (non-hydrogen) atoms. The minimum atomic E-state index is 0.309. The summed E-state index contributed by atoms with van der Waals surface area (Å²) in [6.45, 7) is 11.3. The maximum Gasteiger partial charge on any atom is 0.0817 e. The van der Waals surface area contributed by atoms with Crippen LogP contribution in [0.15, 0.2) is 0 Å². The highest BCUT2D eigenvalue weighted by Gasteiger charge is 2.25. The number of nitrogens with zero attached hydrogens (tertiary/aromatic N) is 2. The van der Waals surface area contributed by atoms with E-state index in [1.807, 2.05) is 0 Å². The van der Waals surface area contributed by atoms with Crippen molar-refractivity contribution in [1.82, 2.24) is 9.21 Å². The van der Waals surface area contributed by atoms with Crippen LogP contribution in [0.25, 0.3) is 0 Å². The van der Waals surface area contributed by atoms with Crippen molar-refractivity contribution in [3.8, 4) is 0 Å². The van der Waals surface area contributed by atoms with Crippen LogP contribution in [-0.2, 0) is 4.18 Å². The van der Waals surface area contributed by atoms with Gasteiger partial charge in [-0.25, -0.2) is 4.31 Å². The molecule has 0 spiro atoms. The van der Waals surface area contributed by atoms with Gasteiger partial charge in [-0.15, -0.1) is 0 Å². The zero-order chi connectivity index (χ0) is 9.90. The molecule has 1 rings (SSSR count). The van der Waals surface area contributed by atoms with Gasteiger partial charge in [-0.05, 0) is 20.8 Å². The van der Waals surface area contributed by atoms with Crippen molar-refractivity contribution in [2.75, 3.05) is 33.3 Å². The van der Waals surface area contributed by atoms with Crippen molar-refractivity contribution in [2.24, 2.45) is 0 Å². The molecule has 0 aliphatic carbocycles. The Labute approximate surface area is 85.8 Å². The zero-order valence-electron chi connectivity index (χ0n) is 9.04. The summed E-state index contributed by atoms with van der Waals surface area (Å²) in [5.41, 5.74) is 0.309. The maximum atomic E-state index is 5.03. The second kappa shape index (κ2) is 4.64. The van der Waals surface area contributed by atoms with E-state index in [4.69, 9.17) is 4.18 Å². The average molecular weight is 204 g/mol. The van der Waals surface area contributed by atoms with E-state index in [0.29, 0.717) is 5.54 Å². The molecule has 0 unspecified atom stereocenters. The van der Waals surface area contributed by atoms with Gasteiger partial charge >= 0.3 is 0 Å². The van der Waals surface area contributed by atoms with Crippen LogP contribution >= 0.6 is 12.2 Å². The van der Waals surface area contributed by atoms with Gasteiger partial charge in [-0.1, -0.05) is 0 Å². The highest BCUT2D eigenvalue weighted by molar-refractivity contribution is 7.92. The lowest BCUT2D eigenvalue weighted by atomic mass is 10.1. The molecule has 0 aromatic rings. The molecule has 0 saturated carbocycles. The molecule has 0 amide bonds. The minimum absolute atomic E-state index is 0.309. The van der Waals surface area contributed by atoms with Gasteiger partial charge in [0, 0.05) is 31.7 Å². The number of hydrogen-bond acceptors (Lipinski definition) is 4. The Balaban J connectivity index is 2.30. The van der Waals surface area contributed by atoms with Crippen LogP contribution in [0.5, 0.6) is 0 Å². The quantitative estimate of drug-likeness (QED) is 0.501. The standard InChI is InChI=1S/C9H20N2OS/c1-9(2,3)10-5-7-11(8-6-10)13-12-4/h5-8H2,1-4H3. The summed E-state index contributed by atoms with van der Waals surface area (Å²) in [6.07, 6.45) is 0. The third kappa shape index (κ3) is 3.46. The van der Waals surface area contributed by atoms with E-state index in [1.54, 1.807) is 7.11 Å². The molecule has 1 heterocycles. The van der Waals surface area contributed by atoms with Gasteiger partial charge in [0.05, 0.1) is 19.3 Å². The van der Waals surface area contributed by atoms with E-state index in [2.05, 4.69) is 30.0 Å². The molecular formula is C9H20N2OS. The van der Waals surface area contributed by atoms with Crippen LogP contribution in [0.3, 0.4) is 0 Å². The molecule has 0 N–H and O–H groups in total. The number of hydrogen-bond donors (Lipinski definition) is 0. The zero-order valence-corrected chi connectivity index (χ0v) is 9.86. The predicted molar refractivity (Wildman–Crippen MR) is 57.5 cm³/mol. The molecule has 1 aliphatic heterocycles. The van der Waals surface area contributed by atoms with E-state index in [1.165, 1.54) is 12.2 Å². The summed E-state index contributed by atoms with van der Waals surface area (Å²) >= 11 is 1.47. The van der Waals surface area contributed by atoms with Crippen molar-refractivity contribution < 1.29 is 4.18 Å². The van der Waals surface area contributed by atoms with Gasteiger partial charge in [0.1, 0.15) is 0 Å². The first-order valence-electron chi connectivity index (χ1n) is 4.75. The topological polar surface area (TPSA) is 15.7 Å². The lowest BCUT2D eigenvalue weighted by Gasteiger charge is -2.41. The fraction of sp³-hybridized carbons (Fsp3) is 1.00. The molecule has 1 saturated heterocycles. The van der Waals surface area contributed by atoms with Crippen molar-refractivity contribution in [3.05, 3.63) is 0 Å². The number of piperazine rings is 1. The SMILES string of the molecule is COSN1CCN(C(C)(C)C)CC1. The molecule has 0 aromatic heterocycles. The molecule has 1 aliphatic rings.